The molecule has 3 rings (SSSR count). The number of esters is 1. The molecule has 8 heteroatoms. The van der Waals surface area contributed by atoms with Gasteiger partial charge in [-0.1, -0.05) is 18.9 Å². The number of hydrogen-bond donors (Lipinski definition) is 0. The first-order valence-electron chi connectivity index (χ1n) is 8.91. The second kappa shape index (κ2) is 7.85. The van der Waals surface area contributed by atoms with Crippen molar-refractivity contribution < 1.29 is 18.3 Å². The van der Waals surface area contributed by atoms with Crippen LogP contribution < -0.4 is 11.2 Å². The van der Waals surface area contributed by atoms with Crippen molar-refractivity contribution in [3.05, 3.63) is 56.8 Å². The molecule has 1 aliphatic rings. The van der Waals surface area contributed by atoms with Gasteiger partial charge in [-0.3, -0.25) is 13.9 Å². The quantitative estimate of drug-likeness (QED) is 0.593. The first kappa shape index (κ1) is 19.0. The number of fused-ring (bicyclic) bond motifs is 1. The maximum atomic E-state index is 13.8. The number of rotatable bonds is 5. The molecular weight excluding hydrogens is 358 g/mol. The van der Waals surface area contributed by atoms with Crippen LogP contribution in [0.15, 0.2) is 33.9 Å². The van der Waals surface area contributed by atoms with E-state index in [2.05, 4.69) is 0 Å². The summed E-state index contributed by atoms with van der Waals surface area (Å²) in [5, 5.41) is -0.0649. The van der Waals surface area contributed by atoms with Crippen molar-refractivity contribution in [2.24, 2.45) is 0 Å². The molecule has 0 saturated heterocycles. The highest BCUT2D eigenvalue weighted by molar-refractivity contribution is 5.81. The van der Waals surface area contributed by atoms with Crippen LogP contribution >= 0.6 is 0 Å². The van der Waals surface area contributed by atoms with Crippen LogP contribution in [0.25, 0.3) is 10.9 Å². The van der Waals surface area contributed by atoms with Gasteiger partial charge in [-0.15, -0.1) is 0 Å². The fourth-order valence-corrected chi connectivity index (χ4v) is 3.49. The summed E-state index contributed by atoms with van der Waals surface area (Å²) in [6.07, 6.45) is 5.76. The number of hydrogen-bond acceptors (Lipinski definition) is 4. The summed E-state index contributed by atoms with van der Waals surface area (Å²) in [6.45, 7) is 1.70. The van der Waals surface area contributed by atoms with Crippen molar-refractivity contribution in [1.82, 2.24) is 9.13 Å². The van der Waals surface area contributed by atoms with Gasteiger partial charge in [0, 0.05) is 24.7 Å². The van der Waals surface area contributed by atoms with Gasteiger partial charge in [-0.05, 0) is 25.8 Å². The van der Waals surface area contributed by atoms with Gasteiger partial charge in [0.05, 0.1) is 17.5 Å². The van der Waals surface area contributed by atoms with Crippen LogP contribution in [0.1, 0.15) is 38.6 Å². The van der Waals surface area contributed by atoms with Crippen LogP contribution in [0.5, 0.6) is 0 Å². The lowest BCUT2D eigenvalue weighted by Gasteiger charge is -2.18. The van der Waals surface area contributed by atoms with Crippen LogP contribution in [0.4, 0.5) is 8.78 Å². The van der Waals surface area contributed by atoms with E-state index in [9.17, 15) is 23.2 Å². The fourth-order valence-electron chi connectivity index (χ4n) is 3.49. The van der Waals surface area contributed by atoms with Crippen molar-refractivity contribution in [2.45, 2.75) is 45.2 Å². The Balaban J connectivity index is 2.16. The van der Waals surface area contributed by atoms with Gasteiger partial charge < -0.3 is 4.74 Å². The number of carbonyl (C=O) groups is 1. The van der Waals surface area contributed by atoms with Crippen molar-refractivity contribution in [1.29, 1.82) is 0 Å². The minimum absolute atomic E-state index is 0.0649. The molecule has 0 radical (unpaired) electrons. The summed E-state index contributed by atoms with van der Waals surface area (Å²) in [7, 11) is 0. The molecule has 1 aliphatic carbocycles. The number of aromatic nitrogens is 2. The summed E-state index contributed by atoms with van der Waals surface area (Å²) in [6, 6.07) is 1.55. The van der Waals surface area contributed by atoms with Crippen LogP contribution in [0, 0.1) is 11.6 Å². The van der Waals surface area contributed by atoms with Crippen LogP contribution in [-0.2, 0) is 16.1 Å². The average Bonchev–Trinajstić information content (AvgIpc) is 3.14. The molecule has 1 fully saturated rings. The summed E-state index contributed by atoms with van der Waals surface area (Å²) < 4.78 is 34.6. The average molecular weight is 378 g/mol. The molecule has 0 bridgehead atoms. The minimum Gasteiger partial charge on any atom is -0.463 e. The third kappa shape index (κ3) is 3.70. The second-order valence-corrected chi connectivity index (χ2v) is 6.44. The molecule has 0 spiro atoms. The minimum atomic E-state index is -1.15. The topological polar surface area (TPSA) is 70.3 Å². The van der Waals surface area contributed by atoms with Gasteiger partial charge >= 0.3 is 11.7 Å². The monoisotopic (exact) mass is 378 g/mol. The number of ether oxygens (including phenoxy) is 1. The van der Waals surface area contributed by atoms with E-state index in [4.69, 9.17) is 4.74 Å². The van der Waals surface area contributed by atoms with Gasteiger partial charge in [0.2, 0.25) is 0 Å². The molecule has 1 saturated carbocycles. The number of benzene rings is 1. The first-order chi connectivity index (χ1) is 12.9. The Hall–Kier alpha value is -2.77. The lowest BCUT2D eigenvalue weighted by Crippen LogP contribution is -2.41. The Morgan fingerprint density at radius 3 is 2.56 bits per heavy atom. The van der Waals surface area contributed by atoms with Crippen molar-refractivity contribution in [2.75, 3.05) is 6.61 Å². The predicted octanol–water partition coefficient (Wildman–Crippen LogP) is 2.68. The highest BCUT2D eigenvalue weighted by Gasteiger charge is 2.24. The second-order valence-electron chi connectivity index (χ2n) is 6.44. The molecule has 2 aromatic rings. The van der Waals surface area contributed by atoms with E-state index < -0.39 is 28.9 Å². The number of carbonyl (C=O) groups excluding carboxylic acids is 1. The van der Waals surface area contributed by atoms with Crippen molar-refractivity contribution >= 4 is 16.9 Å². The van der Waals surface area contributed by atoms with E-state index in [-0.39, 0.29) is 30.1 Å². The Morgan fingerprint density at radius 2 is 1.89 bits per heavy atom. The molecule has 1 aromatic heterocycles. The molecule has 0 atom stereocenters. The van der Waals surface area contributed by atoms with E-state index in [0.717, 1.165) is 48.5 Å². The van der Waals surface area contributed by atoms with Gasteiger partial charge in [0.25, 0.3) is 5.56 Å². The largest absolute Gasteiger partial charge is 0.463 e. The fraction of sp³-hybridized carbons (Fsp3) is 0.421. The zero-order valence-electron chi connectivity index (χ0n) is 14.9. The normalized spacial score (nSPS) is 15.1. The summed E-state index contributed by atoms with van der Waals surface area (Å²) >= 11 is 0. The highest BCUT2D eigenvalue weighted by atomic mass is 19.2. The first-order valence-corrected chi connectivity index (χ1v) is 8.91. The van der Waals surface area contributed by atoms with E-state index in [1.165, 1.54) is 10.6 Å². The number of halogens is 2. The third-order valence-corrected chi connectivity index (χ3v) is 4.73. The van der Waals surface area contributed by atoms with Gasteiger partial charge in [-0.2, -0.15) is 0 Å². The Labute approximate surface area is 153 Å². The molecule has 0 aliphatic heterocycles. The van der Waals surface area contributed by atoms with Crippen LogP contribution in [0.2, 0.25) is 0 Å². The number of nitrogens with zero attached hydrogens (tertiary/aromatic N) is 2. The summed E-state index contributed by atoms with van der Waals surface area (Å²) in [5.74, 6) is -2.84. The zero-order valence-corrected chi connectivity index (χ0v) is 14.9. The van der Waals surface area contributed by atoms with Gasteiger partial charge in [0.15, 0.2) is 11.6 Å². The summed E-state index contributed by atoms with van der Waals surface area (Å²) in [4.78, 5) is 37.0. The van der Waals surface area contributed by atoms with Crippen LogP contribution in [-0.4, -0.2) is 21.7 Å². The molecule has 27 heavy (non-hydrogen) atoms. The van der Waals surface area contributed by atoms with Crippen LogP contribution in [0.3, 0.4) is 0 Å². The Bertz CT molecular complexity index is 1020. The lowest BCUT2D eigenvalue weighted by molar-refractivity contribution is -0.137. The van der Waals surface area contributed by atoms with E-state index in [0.29, 0.717) is 0 Å². The molecule has 0 amide bonds. The molecule has 6 nitrogen and oxygen atoms in total. The number of allylic oxidation sites excluding steroid dienone is 1. The predicted molar refractivity (Wildman–Crippen MR) is 95.7 cm³/mol. The molecular formula is C19H20F2N2O4. The summed E-state index contributed by atoms with van der Waals surface area (Å²) in [5.41, 5.74) is -1.23. The van der Waals surface area contributed by atoms with E-state index in [1.54, 1.807) is 6.92 Å². The molecule has 0 unspecified atom stereocenters. The highest BCUT2D eigenvalue weighted by Crippen LogP contribution is 2.30. The molecule has 0 N–H and O–H groups in total. The molecule has 1 aromatic carbocycles. The van der Waals surface area contributed by atoms with E-state index >= 15 is 0 Å². The molecule has 1 heterocycles. The maximum Gasteiger partial charge on any atom is 0.332 e. The van der Waals surface area contributed by atoms with Crippen molar-refractivity contribution in [3.8, 4) is 0 Å². The van der Waals surface area contributed by atoms with Gasteiger partial charge in [-0.25, -0.2) is 18.4 Å². The van der Waals surface area contributed by atoms with E-state index in [1.807, 2.05) is 0 Å². The maximum absolute atomic E-state index is 13.8. The lowest BCUT2D eigenvalue weighted by atomic mass is 10.2. The third-order valence-electron chi connectivity index (χ3n) is 4.73. The standard InChI is InChI=1S/C19H20F2N2O4/c1-2-27-17(24)8-5-9-22-18(25)13-10-14(20)15(21)11-16(13)23(19(22)26)12-6-3-4-7-12/h5,8,10-12H,2-4,6-7,9H2,1H3. The Kier molecular flexibility index (Phi) is 5.53. The smallest absolute Gasteiger partial charge is 0.332 e. The van der Waals surface area contributed by atoms with Gasteiger partial charge in [0.1, 0.15) is 0 Å². The molecule has 144 valence electrons. The van der Waals surface area contributed by atoms with Crippen molar-refractivity contribution in [3.63, 3.8) is 0 Å². The SMILES string of the molecule is CCOC(=O)C=CCn1c(=O)c2cc(F)c(F)cc2n(C2CCCC2)c1=O. The zero-order chi connectivity index (χ0) is 19.6. The Morgan fingerprint density at radius 1 is 1.22 bits per heavy atom.